The summed E-state index contributed by atoms with van der Waals surface area (Å²) in [6.07, 6.45) is 7.75. The van der Waals surface area contributed by atoms with Gasteiger partial charge in [0, 0.05) is 6.04 Å². The van der Waals surface area contributed by atoms with Crippen LogP contribution in [0.2, 0.25) is 0 Å². The highest BCUT2D eigenvalue weighted by Crippen LogP contribution is 2.31. The first-order chi connectivity index (χ1) is 5.79. The molecule has 0 aromatic heterocycles. The van der Waals surface area contributed by atoms with Crippen LogP contribution >= 0.6 is 11.9 Å². The van der Waals surface area contributed by atoms with E-state index < -0.39 is 0 Å². The van der Waals surface area contributed by atoms with Gasteiger partial charge in [-0.2, -0.15) is 0 Å². The van der Waals surface area contributed by atoms with Gasteiger partial charge in [-0.1, -0.05) is 38.6 Å². The van der Waals surface area contributed by atoms with Gasteiger partial charge in [-0.3, -0.25) is 4.72 Å². The molecule has 1 N–H and O–H groups in total. The Morgan fingerprint density at radius 1 is 1.42 bits per heavy atom. The lowest BCUT2D eigenvalue weighted by Gasteiger charge is -2.36. The minimum atomic E-state index is 0.763. The predicted octanol–water partition coefficient (Wildman–Crippen LogP) is 3.07. The van der Waals surface area contributed by atoms with Gasteiger partial charge in [0.2, 0.25) is 0 Å². The number of hydrogen-bond donors (Lipinski definition) is 1. The molecule has 0 amide bonds. The highest BCUT2D eigenvalue weighted by Gasteiger charge is 2.28. The number of rotatable bonds is 3. The van der Waals surface area contributed by atoms with Crippen LogP contribution in [0.1, 0.15) is 39.5 Å². The quantitative estimate of drug-likeness (QED) is 0.682. The third-order valence-electron chi connectivity index (χ3n) is 3.13. The zero-order chi connectivity index (χ0) is 8.97. The molecule has 3 atom stereocenters. The summed E-state index contributed by atoms with van der Waals surface area (Å²) in [5, 5.41) is 0. The molecule has 0 aromatic carbocycles. The summed E-state index contributed by atoms with van der Waals surface area (Å²) in [7, 11) is 0. The molecule has 72 valence electrons. The predicted molar refractivity (Wildman–Crippen MR) is 57.2 cm³/mol. The molecule has 3 unspecified atom stereocenters. The van der Waals surface area contributed by atoms with Crippen LogP contribution in [0.3, 0.4) is 0 Å². The molecule has 0 heterocycles. The molecule has 2 heteroatoms. The maximum Gasteiger partial charge on any atom is 0.0225 e. The van der Waals surface area contributed by atoms with Gasteiger partial charge in [0.25, 0.3) is 0 Å². The second-order valence-electron chi connectivity index (χ2n) is 3.92. The Kier molecular flexibility index (Phi) is 4.44. The second kappa shape index (κ2) is 5.13. The van der Waals surface area contributed by atoms with E-state index >= 15 is 0 Å². The topological polar surface area (TPSA) is 12.0 Å². The Morgan fingerprint density at radius 2 is 2.17 bits per heavy atom. The summed E-state index contributed by atoms with van der Waals surface area (Å²) in [5.41, 5.74) is 0. The Labute approximate surface area is 80.8 Å². The third kappa shape index (κ3) is 2.40. The van der Waals surface area contributed by atoms with Gasteiger partial charge in [-0.25, -0.2) is 0 Å². The van der Waals surface area contributed by atoms with Crippen LogP contribution in [-0.2, 0) is 0 Å². The lowest BCUT2D eigenvalue weighted by Crippen LogP contribution is -2.40. The number of nitrogens with one attached hydrogen (secondary N) is 1. The molecule has 1 fully saturated rings. The monoisotopic (exact) mass is 187 g/mol. The van der Waals surface area contributed by atoms with Gasteiger partial charge < -0.3 is 0 Å². The molecule has 1 rings (SSSR count). The van der Waals surface area contributed by atoms with Crippen molar-refractivity contribution in [3.8, 4) is 0 Å². The molecule has 1 nitrogen and oxygen atoms in total. The standard InChI is InChI=1S/C10H21NS/c1-4-9-7-5-6-8(2)10(9)11-12-3/h8-11H,4-7H2,1-3H3. The van der Waals surface area contributed by atoms with Gasteiger partial charge in [0.15, 0.2) is 0 Å². The Morgan fingerprint density at radius 3 is 2.75 bits per heavy atom. The lowest BCUT2D eigenvalue weighted by molar-refractivity contribution is 0.217. The van der Waals surface area contributed by atoms with Crippen molar-refractivity contribution in [2.24, 2.45) is 11.8 Å². The van der Waals surface area contributed by atoms with Crippen molar-refractivity contribution in [3.63, 3.8) is 0 Å². The Hall–Kier alpha value is 0.310. The summed E-state index contributed by atoms with van der Waals surface area (Å²) in [6, 6.07) is 0.763. The average Bonchev–Trinajstić information content (AvgIpc) is 2.09. The minimum absolute atomic E-state index is 0.763. The van der Waals surface area contributed by atoms with Crippen molar-refractivity contribution < 1.29 is 0 Å². The van der Waals surface area contributed by atoms with Crippen molar-refractivity contribution in [1.82, 2.24) is 4.72 Å². The van der Waals surface area contributed by atoms with Crippen molar-refractivity contribution >= 4 is 11.9 Å². The summed E-state index contributed by atoms with van der Waals surface area (Å²) in [6.45, 7) is 4.70. The first kappa shape index (κ1) is 10.4. The van der Waals surface area contributed by atoms with Crippen LogP contribution in [0.25, 0.3) is 0 Å². The zero-order valence-corrected chi connectivity index (χ0v) is 9.29. The fourth-order valence-corrected chi connectivity index (χ4v) is 3.03. The van der Waals surface area contributed by atoms with Crippen molar-refractivity contribution in [2.45, 2.75) is 45.6 Å². The maximum atomic E-state index is 3.55. The summed E-state index contributed by atoms with van der Waals surface area (Å²) in [5.74, 6) is 1.79. The molecule has 0 radical (unpaired) electrons. The Bertz CT molecular complexity index is 127. The van der Waals surface area contributed by atoms with E-state index in [1.54, 1.807) is 11.9 Å². The van der Waals surface area contributed by atoms with E-state index in [4.69, 9.17) is 0 Å². The van der Waals surface area contributed by atoms with Crippen LogP contribution in [0.4, 0.5) is 0 Å². The molecule has 1 aliphatic carbocycles. The summed E-state index contributed by atoms with van der Waals surface area (Å²) in [4.78, 5) is 0. The average molecular weight is 187 g/mol. The van der Waals surface area contributed by atoms with Gasteiger partial charge in [0.05, 0.1) is 0 Å². The molecule has 0 aliphatic heterocycles. The van der Waals surface area contributed by atoms with E-state index in [-0.39, 0.29) is 0 Å². The molecular formula is C10H21NS. The lowest BCUT2D eigenvalue weighted by atomic mass is 9.77. The van der Waals surface area contributed by atoms with E-state index in [9.17, 15) is 0 Å². The SMILES string of the molecule is CCC1CCCC(C)C1NSC. The molecule has 12 heavy (non-hydrogen) atoms. The minimum Gasteiger partial charge on any atom is -0.261 e. The smallest absolute Gasteiger partial charge is 0.0225 e. The van der Waals surface area contributed by atoms with Crippen LogP contribution < -0.4 is 4.72 Å². The molecule has 0 saturated heterocycles. The van der Waals surface area contributed by atoms with Gasteiger partial charge in [-0.15, -0.1) is 0 Å². The van der Waals surface area contributed by atoms with E-state index in [1.807, 2.05) is 0 Å². The van der Waals surface area contributed by atoms with Crippen LogP contribution in [0.5, 0.6) is 0 Å². The van der Waals surface area contributed by atoms with Gasteiger partial charge in [0.1, 0.15) is 0 Å². The van der Waals surface area contributed by atoms with Crippen molar-refractivity contribution in [1.29, 1.82) is 0 Å². The van der Waals surface area contributed by atoms with Gasteiger partial charge >= 0.3 is 0 Å². The molecule has 0 spiro atoms. The first-order valence-electron chi connectivity index (χ1n) is 5.08. The van der Waals surface area contributed by atoms with Crippen LogP contribution in [-0.4, -0.2) is 12.3 Å². The normalized spacial score (nSPS) is 36.8. The van der Waals surface area contributed by atoms with E-state index in [2.05, 4.69) is 24.8 Å². The molecule has 0 bridgehead atoms. The fourth-order valence-electron chi connectivity index (χ4n) is 2.33. The van der Waals surface area contributed by atoms with Crippen molar-refractivity contribution in [2.75, 3.05) is 6.26 Å². The van der Waals surface area contributed by atoms with Crippen LogP contribution in [0.15, 0.2) is 0 Å². The molecule has 1 saturated carbocycles. The Balaban J connectivity index is 2.47. The van der Waals surface area contributed by atoms with E-state index in [1.165, 1.54) is 25.7 Å². The highest BCUT2D eigenvalue weighted by molar-refractivity contribution is 7.96. The zero-order valence-electron chi connectivity index (χ0n) is 8.47. The van der Waals surface area contributed by atoms with Crippen LogP contribution in [0, 0.1) is 11.8 Å². The summed E-state index contributed by atoms with van der Waals surface area (Å²) < 4.78 is 3.55. The molecular weight excluding hydrogens is 166 g/mol. The van der Waals surface area contributed by atoms with Crippen molar-refractivity contribution in [3.05, 3.63) is 0 Å². The second-order valence-corrected chi connectivity index (χ2v) is 4.57. The van der Waals surface area contributed by atoms with Gasteiger partial charge in [-0.05, 0) is 30.9 Å². The fraction of sp³-hybridized carbons (Fsp3) is 1.00. The van der Waals surface area contributed by atoms with E-state index in [0.29, 0.717) is 0 Å². The maximum absolute atomic E-state index is 3.55. The van der Waals surface area contributed by atoms with E-state index in [0.717, 1.165) is 17.9 Å². The third-order valence-corrected chi connectivity index (χ3v) is 3.64. The first-order valence-corrected chi connectivity index (χ1v) is 6.30. The molecule has 1 aliphatic rings. The molecule has 0 aromatic rings. The summed E-state index contributed by atoms with van der Waals surface area (Å²) >= 11 is 1.78. The largest absolute Gasteiger partial charge is 0.261 e. The highest BCUT2D eigenvalue weighted by atomic mass is 32.2. The number of hydrogen-bond acceptors (Lipinski definition) is 2.